The lowest BCUT2D eigenvalue weighted by atomic mass is 10.2. The molecule has 0 bridgehead atoms. The van der Waals surface area contributed by atoms with E-state index < -0.39 is 15.7 Å². The topological polar surface area (TPSA) is 122 Å². The number of hydrogen-bond donors (Lipinski definition) is 2. The van der Waals surface area contributed by atoms with Crippen molar-refractivity contribution in [1.82, 2.24) is 29.9 Å². The number of aromatic amines is 1. The van der Waals surface area contributed by atoms with Gasteiger partial charge in [0.1, 0.15) is 12.2 Å². The molecular weight excluding hydrogens is 332 g/mol. The highest BCUT2D eigenvalue weighted by molar-refractivity contribution is 7.90. The van der Waals surface area contributed by atoms with E-state index in [1.165, 1.54) is 10.7 Å². The third-order valence-corrected chi connectivity index (χ3v) is 4.49. The molecule has 0 fully saturated rings. The van der Waals surface area contributed by atoms with Crippen molar-refractivity contribution >= 4 is 21.3 Å². The number of hydrogen-bond acceptors (Lipinski definition) is 6. The van der Waals surface area contributed by atoms with Crippen molar-refractivity contribution in [3.8, 4) is 0 Å². The highest BCUT2D eigenvalue weighted by Crippen LogP contribution is 2.18. The molecule has 3 heterocycles. The first-order valence-corrected chi connectivity index (χ1v) is 9.14. The van der Waals surface area contributed by atoms with Crippen LogP contribution in [-0.4, -0.2) is 45.1 Å². The summed E-state index contributed by atoms with van der Waals surface area (Å²) in [7, 11) is -3.58. The monoisotopic (exact) mass is 348 g/mol. The Morgan fingerprint density at radius 1 is 1.42 bits per heavy atom. The average Bonchev–Trinajstić information content (AvgIpc) is 3.19. The molecule has 0 unspecified atom stereocenters. The quantitative estimate of drug-likeness (QED) is 0.701. The highest BCUT2D eigenvalue weighted by atomic mass is 32.2. The van der Waals surface area contributed by atoms with E-state index in [0.717, 1.165) is 6.26 Å². The van der Waals surface area contributed by atoms with E-state index in [9.17, 15) is 13.2 Å². The third-order valence-electron chi connectivity index (χ3n) is 3.54. The minimum Gasteiger partial charge on any atom is -0.341 e. The van der Waals surface area contributed by atoms with Gasteiger partial charge in [0.05, 0.1) is 11.6 Å². The van der Waals surface area contributed by atoms with E-state index in [-0.39, 0.29) is 16.9 Å². The minimum absolute atomic E-state index is 0.0500. The lowest BCUT2D eigenvalue weighted by molar-refractivity contribution is 0.0930. The van der Waals surface area contributed by atoms with E-state index in [0.29, 0.717) is 17.8 Å². The number of nitrogens with one attached hydrogen (secondary N) is 2. The molecule has 1 atom stereocenters. The molecule has 3 rings (SSSR count). The fraction of sp³-hybridized carbons (Fsp3) is 0.286. The molecule has 0 aromatic carbocycles. The maximum Gasteiger partial charge on any atom is 0.272 e. The fourth-order valence-electron chi connectivity index (χ4n) is 2.41. The van der Waals surface area contributed by atoms with E-state index in [4.69, 9.17) is 0 Å². The maximum atomic E-state index is 12.6. The second-order valence-corrected chi connectivity index (χ2v) is 7.19. The first-order chi connectivity index (χ1) is 11.4. The Morgan fingerprint density at radius 3 is 2.83 bits per heavy atom. The van der Waals surface area contributed by atoms with Crippen LogP contribution in [0.25, 0.3) is 5.52 Å². The third kappa shape index (κ3) is 2.87. The molecule has 24 heavy (non-hydrogen) atoms. The molecule has 0 saturated heterocycles. The van der Waals surface area contributed by atoms with Crippen molar-refractivity contribution < 1.29 is 13.2 Å². The van der Waals surface area contributed by atoms with Gasteiger partial charge in [-0.1, -0.05) is 13.0 Å². The van der Waals surface area contributed by atoms with E-state index in [2.05, 4.69) is 25.5 Å². The first-order valence-electron chi connectivity index (χ1n) is 7.25. The number of sulfone groups is 1. The molecule has 0 aliphatic rings. The number of imidazole rings is 1. The Kier molecular flexibility index (Phi) is 4.06. The van der Waals surface area contributed by atoms with Crippen molar-refractivity contribution in [3.63, 3.8) is 0 Å². The van der Waals surface area contributed by atoms with Gasteiger partial charge in [0.2, 0.25) is 15.0 Å². The number of nitrogens with zero attached hydrogens (tertiary/aromatic N) is 4. The van der Waals surface area contributed by atoms with Crippen LogP contribution >= 0.6 is 0 Å². The van der Waals surface area contributed by atoms with Crippen LogP contribution in [0.4, 0.5) is 0 Å². The molecule has 0 aliphatic heterocycles. The van der Waals surface area contributed by atoms with Gasteiger partial charge in [0, 0.05) is 12.5 Å². The van der Waals surface area contributed by atoms with Crippen molar-refractivity contribution in [1.29, 1.82) is 0 Å². The van der Waals surface area contributed by atoms with Gasteiger partial charge >= 0.3 is 0 Å². The van der Waals surface area contributed by atoms with Gasteiger partial charge in [0.25, 0.3) is 5.91 Å². The van der Waals surface area contributed by atoms with E-state index in [1.807, 2.05) is 6.92 Å². The Hall–Kier alpha value is -2.75. The van der Waals surface area contributed by atoms with Crippen LogP contribution in [0.15, 0.2) is 35.9 Å². The summed E-state index contributed by atoms with van der Waals surface area (Å²) in [5, 5.41) is 9.11. The zero-order valence-electron chi connectivity index (χ0n) is 13.1. The van der Waals surface area contributed by atoms with E-state index >= 15 is 0 Å². The second kappa shape index (κ2) is 6.04. The Balaban J connectivity index is 2.01. The van der Waals surface area contributed by atoms with Crippen LogP contribution in [0.2, 0.25) is 0 Å². The number of carbonyl (C=O) groups excluding carboxylic acids is 1. The molecule has 0 saturated carbocycles. The molecule has 0 spiro atoms. The molecule has 126 valence electrons. The lowest BCUT2D eigenvalue weighted by Crippen LogP contribution is -2.29. The van der Waals surface area contributed by atoms with Crippen molar-refractivity contribution in [3.05, 3.63) is 42.2 Å². The van der Waals surface area contributed by atoms with Gasteiger partial charge in [-0.05, 0) is 18.6 Å². The number of pyridine rings is 1. The Bertz CT molecular complexity index is 977. The van der Waals surface area contributed by atoms with Crippen LogP contribution in [-0.2, 0) is 9.84 Å². The summed E-state index contributed by atoms with van der Waals surface area (Å²) in [6.45, 7) is 1.89. The molecular formula is C14H16N6O3S. The van der Waals surface area contributed by atoms with Gasteiger partial charge in [-0.2, -0.15) is 5.10 Å². The van der Waals surface area contributed by atoms with Gasteiger partial charge in [-0.3, -0.25) is 14.3 Å². The Labute approximate surface area is 138 Å². The predicted molar refractivity (Wildman–Crippen MR) is 85.2 cm³/mol. The number of fused-ring (bicyclic) bond motifs is 1. The van der Waals surface area contributed by atoms with Gasteiger partial charge in [-0.15, -0.1) is 0 Å². The van der Waals surface area contributed by atoms with Crippen LogP contribution < -0.4 is 5.32 Å². The average molecular weight is 348 g/mol. The number of carbonyl (C=O) groups is 1. The molecule has 0 radical (unpaired) electrons. The standard InChI is InChI=1S/C14H16N6O3S/c1-3-9(12-15-8-16-19-12)17-13(21)11-10-6-4-5-7-20(10)14(18-11)24(2,22)23/h4-9H,3H2,1-2H3,(H,17,21)(H,15,16,19)/t9-/m1/s1. The van der Waals surface area contributed by atoms with Crippen molar-refractivity contribution in [2.75, 3.05) is 6.26 Å². The van der Waals surface area contributed by atoms with Gasteiger partial charge in [0.15, 0.2) is 5.69 Å². The predicted octanol–water partition coefficient (Wildman–Crippen LogP) is 0.737. The summed E-state index contributed by atoms with van der Waals surface area (Å²) >= 11 is 0. The summed E-state index contributed by atoms with van der Waals surface area (Å²) in [6.07, 6.45) is 4.56. The summed E-state index contributed by atoms with van der Waals surface area (Å²) in [4.78, 5) is 20.7. The summed E-state index contributed by atoms with van der Waals surface area (Å²) in [6, 6.07) is 4.66. The zero-order chi connectivity index (χ0) is 17.3. The molecule has 2 N–H and O–H groups in total. The lowest BCUT2D eigenvalue weighted by Gasteiger charge is -2.13. The van der Waals surface area contributed by atoms with E-state index in [1.54, 1.807) is 24.4 Å². The largest absolute Gasteiger partial charge is 0.341 e. The van der Waals surface area contributed by atoms with Crippen molar-refractivity contribution in [2.45, 2.75) is 24.5 Å². The summed E-state index contributed by atoms with van der Waals surface area (Å²) in [5.41, 5.74) is 0.469. The van der Waals surface area contributed by atoms with Crippen LogP contribution in [0.1, 0.15) is 35.7 Å². The van der Waals surface area contributed by atoms with Crippen LogP contribution in [0, 0.1) is 0 Å². The van der Waals surface area contributed by atoms with Crippen molar-refractivity contribution in [2.24, 2.45) is 0 Å². The van der Waals surface area contributed by atoms with Crippen LogP contribution in [0.5, 0.6) is 0 Å². The molecule has 9 nitrogen and oxygen atoms in total. The fourth-order valence-corrected chi connectivity index (χ4v) is 3.19. The maximum absolute atomic E-state index is 12.6. The number of H-pyrrole nitrogens is 1. The molecule has 3 aromatic heterocycles. The number of rotatable bonds is 5. The molecule has 10 heteroatoms. The second-order valence-electron chi connectivity index (χ2n) is 5.28. The van der Waals surface area contributed by atoms with Gasteiger partial charge < -0.3 is 5.32 Å². The molecule has 3 aromatic rings. The smallest absolute Gasteiger partial charge is 0.272 e. The van der Waals surface area contributed by atoms with Gasteiger partial charge in [-0.25, -0.2) is 18.4 Å². The number of amides is 1. The number of aromatic nitrogens is 5. The summed E-state index contributed by atoms with van der Waals surface area (Å²) in [5.74, 6) is 0.0505. The Morgan fingerprint density at radius 2 is 2.21 bits per heavy atom. The normalized spacial score (nSPS) is 13.1. The minimum atomic E-state index is -3.58. The SMILES string of the molecule is CC[C@@H](NC(=O)c1nc(S(C)(=O)=O)n2ccccc12)c1ncn[nH]1. The zero-order valence-corrected chi connectivity index (χ0v) is 13.9. The summed E-state index contributed by atoms with van der Waals surface area (Å²) < 4.78 is 25.2. The molecule has 1 amide bonds. The highest BCUT2D eigenvalue weighted by Gasteiger charge is 2.24. The van der Waals surface area contributed by atoms with Crippen LogP contribution in [0.3, 0.4) is 0 Å². The first kappa shape index (κ1) is 16.1. The molecule has 0 aliphatic carbocycles.